The van der Waals surface area contributed by atoms with E-state index in [0.717, 1.165) is 37.4 Å². The summed E-state index contributed by atoms with van der Waals surface area (Å²) in [7, 11) is 0. The molecule has 4 nitrogen and oxygen atoms in total. The summed E-state index contributed by atoms with van der Waals surface area (Å²) < 4.78 is 7.23. The van der Waals surface area contributed by atoms with Gasteiger partial charge in [0, 0.05) is 46.1 Å². The molecule has 1 atom stereocenters. The van der Waals surface area contributed by atoms with E-state index in [4.69, 9.17) is 4.74 Å². The molecule has 0 spiro atoms. The van der Waals surface area contributed by atoms with Gasteiger partial charge in [0.05, 0.1) is 25.2 Å². The number of benzene rings is 1. The summed E-state index contributed by atoms with van der Waals surface area (Å²) in [6.45, 7) is 22.3. The molecule has 0 N–H and O–H groups in total. The van der Waals surface area contributed by atoms with Crippen LogP contribution in [0.5, 0.6) is 0 Å². The molecule has 0 aliphatic carbocycles. The Hall–Kier alpha value is -2.82. The van der Waals surface area contributed by atoms with Crippen LogP contribution in [0.1, 0.15) is 72.4 Å². The molecule has 1 aromatic carbocycles. The van der Waals surface area contributed by atoms with E-state index in [1.54, 1.807) is 0 Å². The zero-order valence-electron chi connectivity index (χ0n) is 21.8. The van der Waals surface area contributed by atoms with Crippen molar-refractivity contribution in [2.45, 2.75) is 72.1 Å². The van der Waals surface area contributed by atoms with Gasteiger partial charge in [-0.2, -0.15) is 10.5 Å². The predicted molar refractivity (Wildman–Crippen MR) is 137 cm³/mol. The second-order valence-electron chi connectivity index (χ2n) is 12.6. The summed E-state index contributed by atoms with van der Waals surface area (Å²) in [6, 6.07) is 11.1. The van der Waals surface area contributed by atoms with Crippen LogP contribution in [-0.4, -0.2) is 13.1 Å². The van der Waals surface area contributed by atoms with Gasteiger partial charge in [0.2, 0.25) is 0 Å². The minimum absolute atomic E-state index is 0.0916. The van der Waals surface area contributed by atoms with Crippen molar-refractivity contribution in [1.82, 2.24) is 4.48 Å². The number of rotatable bonds is 3. The van der Waals surface area contributed by atoms with E-state index in [0.29, 0.717) is 10.2 Å². The Morgan fingerprint density at radius 3 is 2.03 bits per heavy atom. The first-order valence-electron chi connectivity index (χ1n) is 12.4. The van der Waals surface area contributed by atoms with Crippen molar-refractivity contribution in [1.29, 1.82) is 10.5 Å². The van der Waals surface area contributed by atoms with Gasteiger partial charge in [-0.25, -0.2) is 0 Å². The first kappa shape index (κ1) is 24.3. The number of allylic oxidation sites excluding steroid dienone is 3. The molecule has 3 heterocycles. The molecule has 0 aromatic heterocycles. The van der Waals surface area contributed by atoms with Crippen LogP contribution < -0.4 is 4.48 Å². The molecule has 0 amide bonds. The molecule has 0 radical (unpaired) electrons. The third-order valence-corrected chi connectivity index (χ3v) is 8.27. The highest BCUT2D eigenvalue weighted by Gasteiger charge is 2.53. The number of hydrogen-bond acceptors (Lipinski definition) is 3. The maximum absolute atomic E-state index is 9.63. The third kappa shape index (κ3) is 3.70. The van der Waals surface area contributed by atoms with Crippen LogP contribution in [0.15, 0.2) is 54.1 Å². The normalized spacial score (nSPS) is 24.0. The van der Waals surface area contributed by atoms with E-state index >= 15 is 0 Å². The highest BCUT2D eigenvalue weighted by Crippen LogP contribution is 2.55. The average molecular weight is 457 g/mol. The number of nitriles is 2. The molecule has 0 saturated carbocycles. The van der Waals surface area contributed by atoms with Gasteiger partial charge < -0.3 is 4.74 Å². The van der Waals surface area contributed by atoms with Gasteiger partial charge in [-0.05, 0) is 18.7 Å². The van der Waals surface area contributed by atoms with Crippen LogP contribution in [0, 0.1) is 39.9 Å². The van der Waals surface area contributed by atoms with Crippen LogP contribution in [-0.2, 0) is 15.6 Å². The first-order chi connectivity index (χ1) is 15.8. The molecule has 3 aliphatic rings. The van der Waals surface area contributed by atoms with Gasteiger partial charge >= 0.3 is 0 Å². The average Bonchev–Trinajstić information content (AvgIpc) is 2.78. The van der Waals surface area contributed by atoms with Crippen molar-refractivity contribution < 1.29 is 4.74 Å². The zero-order valence-corrected chi connectivity index (χ0v) is 21.8. The number of quaternary nitrogens is 1. The Morgan fingerprint density at radius 2 is 1.56 bits per heavy atom. The van der Waals surface area contributed by atoms with E-state index in [1.807, 2.05) is 12.2 Å². The predicted octanol–water partition coefficient (Wildman–Crippen LogP) is 6.99. The van der Waals surface area contributed by atoms with E-state index < -0.39 is 5.92 Å². The molecule has 4 rings (SSSR count). The lowest BCUT2D eigenvalue weighted by molar-refractivity contribution is 0.173. The van der Waals surface area contributed by atoms with Crippen LogP contribution in [0.25, 0.3) is 0 Å². The topological polar surface area (TPSA) is 56.8 Å². The van der Waals surface area contributed by atoms with Crippen molar-refractivity contribution >= 4 is 5.69 Å². The monoisotopic (exact) mass is 456 g/mol. The largest absolute Gasteiger partial charge is 0.456 e. The molecule has 1 aromatic rings. The second-order valence-corrected chi connectivity index (χ2v) is 12.6. The highest BCUT2D eigenvalue weighted by molar-refractivity contribution is 5.68. The van der Waals surface area contributed by atoms with Gasteiger partial charge in [-0.3, -0.25) is 4.48 Å². The SMILES string of the molecule is C=C(C1=CC(C(C#N)C#N)C=C(C(C)(C)C)O1)[N+]12CCC(C)(C)c3cccc(c31)C(C)(C)CC2. The fourth-order valence-corrected chi connectivity index (χ4v) is 5.79. The summed E-state index contributed by atoms with van der Waals surface area (Å²) in [5.74, 6) is 0.439. The van der Waals surface area contributed by atoms with Crippen molar-refractivity contribution in [3.8, 4) is 12.1 Å². The Morgan fingerprint density at radius 1 is 1.03 bits per heavy atom. The smallest absolute Gasteiger partial charge is 0.184 e. The summed E-state index contributed by atoms with van der Waals surface area (Å²) in [5, 5.41) is 19.3. The van der Waals surface area contributed by atoms with Crippen molar-refractivity contribution in [2.24, 2.45) is 17.3 Å². The molecular formula is C30H38N3O+. The summed E-state index contributed by atoms with van der Waals surface area (Å²) in [5.41, 5.74) is 5.06. The number of ether oxygens (including phenoxy) is 1. The number of nitrogens with zero attached hydrogens (tertiary/aromatic N) is 3. The Kier molecular flexibility index (Phi) is 5.62. The second kappa shape index (κ2) is 7.86. The number of hydrogen-bond donors (Lipinski definition) is 0. The molecule has 4 heteroatoms. The van der Waals surface area contributed by atoms with Gasteiger partial charge in [0.15, 0.2) is 11.5 Å². The maximum Gasteiger partial charge on any atom is 0.184 e. The Labute approximate surface area is 205 Å². The zero-order chi connectivity index (χ0) is 25.1. The van der Waals surface area contributed by atoms with E-state index in [-0.39, 0.29) is 22.2 Å². The van der Waals surface area contributed by atoms with Crippen LogP contribution in [0.2, 0.25) is 0 Å². The van der Waals surface area contributed by atoms with Gasteiger partial charge in [-0.1, -0.05) is 66.7 Å². The molecule has 0 saturated heterocycles. The van der Waals surface area contributed by atoms with Crippen LogP contribution in [0.3, 0.4) is 0 Å². The fraction of sp³-hybridized carbons (Fsp3) is 0.533. The van der Waals surface area contributed by atoms with Crippen LogP contribution >= 0.6 is 0 Å². The molecule has 3 aliphatic heterocycles. The minimum atomic E-state index is -0.757. The lowest BCUT2D eigenvalue weighted by Gasteiger charge is -2.53. The minimum Gasteiger partial charge on any atom is -0.456 e. The fourth-order valence-electron chi connectivity index (χ4n) is 5.79. The lowest BCUT2D eigenvalue weighted by Crippen LogP contribution is -2.59. The molecule has 34 heavy (non-hydrogen) atoms. The quantitative estimate of drug-likeness (QED) is 0.460. The standard InChI is InChI=1S/C30H38N3O/c1-20(25-16-21(22(18-31)19-32)17-26(34-25)28(2,3)4)33-14-12-29(5,6)23-10-9-11-24(27(23)33)30(7,8)13-15-33/h9-11,16-17,21-22H,1,12-15H2,2-8H3/q+1. The van der Waals surface area contributed by atoms with E-state index in [1.165, 1.54) is 16.8 Å². The molecule has 178 valence electrons. The van der Waals surface area contributed by atoms with E-state index in [9.17, 15) is 10.5 Å². The van der Waals surface area contributed by atoms with E-state index in [2.05, 4.69) is 85.4 Å². The van der Waals surface area contributed by atoms with Gasteiger partial charge in [0.25, 0.3) is 0 Å². The summed E-state index contributed by atoms with van der Waals surface area (Å²) in [6.07, 6.45) is 6.02. The summed E-state index contributed by atoms with van der Waals surface area (Å²) in [4.78, 5) is 0. The van der Waals surface area contributed by atoms with Gasteiger partial charge in [-0.15, -0.1) is 0 Å². The van der Waals surface area contributed by atoms with Crippen LogP contribution in [0.4, 0.5) is 5.69 Å². The number of para-hydroxylation sites is 1. The van der Waals surface area contributed by atoms with Crippen molar-refractivity contribution in [3.05, 3.63) is 65.3 Å². The Bertz CT molecular complexity index is 1120. The molecule has 0 bridgehead atoms. The molecule has 0 fully saturated rings. The maximum atomic E-state index is 9.63. The summed E-state index contributed by atoms with van der Waals surface area (Å²) >= 11 is 0. The third-order valence-electron chi connectivity index (χ3n) is 8.27. The molecule has 1 unspecified atom stereocenters. The van der Waals surface area contributed by atoms with Crippen molar-refractivity contribution in [2.75, 3.05) is 13.1 Å². The van der Waals surface area contributed by atoms with Gasteiger partial charge in [0.1, 0.15) is 17.4 Å². The van der Waals surface area contributed by atoms with Crippen molar-refractivity contribution in [3.63, 3.8) is 0 Å². The first-order valence-corrected chi connectivity index (χ1v) is 12.4. The molecular weight excluding hydrogens is 418 g/mol. The highest BCUT2D eigenvalue weighted by atomic mass is 16.5. The lowest BCUT2D eigenvalue weighted by atomic mass is 9.68. The Balaban J connectivity index is 1.88.